The van der Waals surface area contributed by atoms with Gasteiger partial charge in [-0.05, 0) is 51.5 Å². The minimum absolute atomic E-state index is 0.185. The van der Waals surface area contributed by atoms with E-state index in [2.05, 4.69) is 67.5 Å². The van der Waals surface area contributed by atoms with E-state index >= 15 is 0 Å². The van der Waals surface area contributed by atoms with E-state index < -0.39 is 0 Å². The number of benzene rings is 1. The van der Waals surface area contributed by atoms with Crippen LogP contribution in [0, 0.1) is 12.8 Å². The molecule has 0 unspecified atom stereocenters. The number of amides is 1. The molecule has 1 saturated heterocycles. The Kier molecular flexibility index (Phi) is 9.32. The molecule has 1 aromatic carbocycles. The number of carbonyl (C=O) groups is 1. The number of rotatable bonds is 8. The zero-order chi connectivity index (χ0) is 20.4. The predicted molar refractivity (Wildman–Crippen MR) is 118 cm³/mol. The number of nitrogens with zero attached hydrogens (tertiary/aromatic N) is 2. The third kappa shape index (κ3) is 6.84. The number of hydrogen-bond donors (Lipinski definition) is 2. The molecule has 1 aromatic rings. The van der Waals surface area contributed by atoms with Gasteiger partial charge in [0.2, 0.25) is 5.91 Å². The van der Waals surface area contributed by atoms with Crippen molar-refractivity contribution < 1.29 is 4.79 Å². The molecule has 0 aromatic heterocycles. The average Bonchev–Trinajstić information content (AvgIpc) is 2.71. The van der Waals surface area contributed by atoms with E-state index in [0.717, 1.165) is 64.2 Å². The van der Waals surface area contributed by atoms with Crippen LogP contribution in [0.3, 0.4) is 0 Å². The topological polar surface area (TPSA) is 56.7 Å². The van der Waals surface area contributed by atoms with Gasteiger partial charge in [-0.15, -0.1) is 0 Å². The summed E-state index contributed by atoms with van der Waals surface area (Å²) in [6, 6.07) is 9.04. The van der Waals surface area contributed by atoms with Crippen molar-refractivity contribution in [3.8, 4) is 0 Å². The first-order valence-electron chi connectivity index (χ1n) is 11.0. The quantitative estimate of drug-likeness (QED) is 0.531. The highest BCUT2D eigenvalue weighted by atomic mass is 16.2. The highest BCUT2D eigenvalue weighted by Crippen LogP contribution is 2.17. The second-order valence-electron chi connectivity index (χ2n) is 7.75. The van der Waals surface area contributed by atoms with Crippen molar-refractivity contribution in [2.45, 2.75) is 65.8 Å². The van der Waals surface area contributed by atoms with Crippen molar-refractivity contribution in [3.05, 3.63) is 35.4 Å². The summed E-state index contributed by atoms with van der Waals surface area (Å²) in [5.74, 6) is 1.41. The molecule has 1 aliphatic rings. The number of likely N-dealkylation sites (tertiary alicyclic amines) is 1. The molecule has 1 aliphatic heterocycles. The van der Waals surface area contributed by atoms with Gasteiger partial charge in [0.25, 0.3) is 0 Å². The first kappa shape index (κ1) is 22.3. The number of carbonyl (C=O) groups excluding carboxylic acids is 1. The number of hydrogen-bond acceptors (Lipinski definition) is 2. The van der Waals surface area contributed by atoms with Gasteiger partial charge in [0.05, 0.1) is 0 Å². The highest BCUT2D eigenvalue weighted by Gasteiger charge is 2.26. The molecule has 0 saturated carbocycles. The maximum absolute atomic E-state index is 12.6. The van der Waals surface area contributed by atoms with E-state index in [-0.39, 0.29) is 5.92 Å². The lowest BCUT2D eigenvalue weighted by atomic mass is 9.98. The van der Waals surface area contributed by atoms with Crippen LogP contribution in [-0.2, 0) is 11.2 Å². The molecule has 1 heterocycles. The summed E-state index contributed by atoms with van der Waals surface area (Å²) in [6.45, 7) is 11.7. The van der Waals surface area contributed by atoms with Crippen molar-refractivity contribution in [3.63, 3.8) is 0 Å². The zero-order valence-electron chi connectivity index (χ0n) is 18.1. The summed E-state index contributed by atoms with van der Waals surface area (Å²) in [4.78, 5) is 19.4. The fourth-order valence-electron chi connectivity index (χ4n) is 3.71. The van der Waals surface area contributed by atoms with Crippen LogP contribution in [0.5, 0.6) is 0 Å². The highest BCUT2D eigenvalue weighted by molar-refractivity contribution is 5.80. The molecule has 5 nitrogen and oxygen atoms in total. The van der Waals surface area contributed by atoms with Crippen LogP contribution < -0.4 is 10.6 Å². The summed E-state index contributed by atoms with van der Waals surface area (Å²) in [7, 11) is 0. The van der Waals surface area contributed by atoms with Crippen molar-refractivity contribution >= 4 is 11.9 Å². The molecule has 2 N–H and O–H groups in total. The van der Waals surface area contributed by atoms with Gasteiger partial charge in [-0.2, -0.15) is 0 Å². The minimum atomic E-state index is 0.185. The van der Waals surface area contributed by atoms with Crippen LogP contribution in [0.2, 0.25) is 0 Å². The van der Waals surface area contributed by atoms with E-state index in [1.54, 1.807) is 0 Å². The van der Waals surface area contributed by atoms with Crippen molar-refractivity contribution in [2.24, 2.45) is 10.9 Å². The zero-order valence-corrected chi connectivity index (χ0v) is 18.1. The van der Waals surface area contributed by atoms with Gasteiger partial charge >= 0.3 is 0 Å². The van der Waals surface area contributed by atoms with Crippen LogP contribution in [0.1, 0.15) is 57.6 Å². The fourth-order valence-corrected chi connectivity index (χ4v) is 3.71. The molecular formula is C23H38N4O. The molecule has 1 fully saturated rings. The monoisotopic (exact) mass is 386 g/mol. The second-order valence-corrected chi connectivity index (χ2v) is 7.75. The molecule has 0 spiro atoms. The lowest BCUT2D eigenvalue weighted by Gasteiger charge is -2.34. The number of aryl methyl sites for hydroxylation is 1. The number of aliphatic imine (C=N–C) groups is 1. The Morgan fingerprint density at radius 2 is 1.79 bits per heavy atom. The molecule has 28 heavy (non-hydrogen) atoms. The first-order valence-corrected chi connectivity index (χ1v) is 11.0. The van der Waals surface area contributed by atoms with Crippen LogP contribution in [0.4, 0.5) is 0 Å². The van der Waals surface area contributed by atoms with Gasteiger partial charge in [-0.3, -0.25) is 9.79 Å². The van der Waals surface area contributed by atoms with Crippen molar-refractivity contribution in [1.29, 1.82) is 0 Å². The Bertz CT molecular complexity index is 614. The Morgan fingerprint density at radius 3 is 2.36 bits per heavy atom. The van der Waals surface area contributed by atoms with Crippen molar-refractivity contribution in [1.82, 2.24) is 15.5 Å². The fraction of sp³-hybridized carbons (Fsp3) is 0.652. The summed E-state index contributed by atoms with van der Waals surface area (Å²) in [5, 5.41) is 6.92. The first-order chi connectivity index (χ1) is 13.6. The predicted octanol–water partition coefficient (Wildman–Crippen LogP) is 3.52. The van der Waals surface area contributed by atoms with Crippen LogP contribution >= 0.6 is 0 Å². The third-order valence-electron chi connectivity index (χ3n) is 5.62. The molecule has 0 bridgehead atoms. The van der Waals surface area contributed by atoms with Crippen molar-refractivity contribution in [2.75, 3.05) is 26.2 Å². The third-order valence-corrected chi connectivity index (χ3v) is 5.62. The Hall–Kier alpha value is -2.04. The summed E-state index contributed by atoms with van der Waals surface area (Å²) in [6.07, 6.45) is 4.78. The van der Waals surface area contributed by atoms with Crippen LogP contribution in [0.25, 0.3) is 0 Å². The SMILES string of the molecule is CCNC(=NCCc1ccc(C)cc1)NC1CCN(C(=O)C(CC)CC)CC1. The molecule has 0 radical (unpaired) electrons. The molecule has 0 atom stereocenters. The molecule has 1 amide bonds. The summed E-state index contributed by atoms with van der Waals surface area (Å²) in [5.41, 5.74) is 2.61. The van der Waals surface area contributed by atoms with Gasteiger partial charge in [0.15, 0.2) is 5.96 Å². The van der Waals surface area contributed by atoms with Gasteiger partial charge in [0.1, 0.15) is 0 Å². The molecule has 156 valence electrons. The Labute approximate surface area is 171 Å². The largest absolute Gasteiger partial charge is 0.357 e. The molecule has 0 aliphatic carbocycles. The number of guanidine groups is 1. The molecular weight excluding hydrogens is 348 g/mol. The van der Waals surface area contributed by atoms with Gasteiger partial charge < -0.3 is 15.5 Å². The van der Waals surface area contributed by atoms with Gasteiger partial charge in [0, 0.05) is 38.1 Å². The lowest BCUT2D eigenvalue weighted by molar-refractivity contribution is -0.136. The Morgan fingerprint density at radius 1 is 1.14 bits per heavy atom. The van der Waals surface area contributed by atoms with E-state index in [1.165, 1.54) is 11.1 Å². The van der Waals surface area contributed by atoms with Crippen LogP contribution in [-0.4, -0.2) is 49.0 Å². The molecule has 5 heteroatoms. The standard InChI is InChI=1S/C23H38N4O/c1-5-20(6-2)22(28)27-16-13-21(14-17-27)26-23(24-7-3)25-15-12-19-10-8-18(4)9-11-19/h8-11,20-21H,5-7,12-17H2,1-4H3,(H2,24,25,26). The van der Waals surface area contributed by atoms with E-state index in [0.29, 0.717) is 11.9 Å². The summed E-state index contributed by atoms with van der Waals surface area (Å²) < 4.78 is 0. The normalized spacial score (nSPS) is 15.8. The van der Waals surface area contributed by atoms with E-state index in [4.69, 9.17) is 4.99 Å². The summed E-state index contributed by atoms with van der Waals surface area (Å²) >= 11 is 0. The van der Waals surface area contributed by atoms with Gasteiger partial charge in [-0.1, -0.05) is 43.7 Å². The lowest BCUT2D eigenvalue weighted by Crippen LogP contribution is -2.50. The van der Waals surface area contributed by atoms with E-state index in [9.17, 15) is 4.79 Å². The van der Waals surface area contributed by atoms with E-state index in [1.807, 2.05) is 0 Å². The molecule has 2 rings (SSSR count). The van der Waals surface area contributed by atoms with Crippen LogP contribution in [0.15, 0.2) is 29.3 Å². The van der Waals surface area contributed by atoms with Gasteiger partial charge in [-0.25, -0.2) is 0 Å². The average molecular weight is 387 g/mol. The Balaban J connectivity index is 1.82. The smallest absolute Gasteiger partial charge is 0.225 e. The minimum Gasteiger partial charge on any atom is -0.357 e. The second kappa shape index (κ2) is 11.7. The maximum atomic E-state index is 12.6. The number of piperidine rings is 1. The number of nitrogens with one attached hydrogen (secondary N) is 2. The maximum Gasteiger partial charge on any atom is 0.225 e.